The summed E-state index contributed by atoms with van der Waals surface area (Å²) < 4.78 is 16.3. The van der Waals surface area contributed by atoms with Gasteiger partial charge >= 0.3 is 5.97 Å². The number of methoxy groups -OCH3 is 2. The quantitative estimate of drug-likeness (QED) is 0.176. The lowest BCUT2D eigenvalue weighted by Gasteiger charge is -2.39. The molecule has 14 heteroatoms. The van der Waals surface area contributed by atoms with Crippen LogP contribution in [0.25, 0.3) is 27.8 Å². The third-order valence-electron chi connectivity index (χ3n) is 10.8. The first-order valence-corrected chi connectivity index (χ1v) is 18.4. The van der Waals surface area contributed by atoms with E-state index in [-0.39, 0.29) is 24.7 Å². The number of likely N-dealkylation sites (tertiary alicyclic amines) is 1. The molecule has 0 spiro atoms. The Bertz CT molecular complexity index is 2620. The molecule has 1 saturated heterocycles. The molecule has 1 aliphatic rings. The van der Waals surface area contributed by atoms with Gasteiger partial charge in [-0.25, -0.2) is 19.0 Å². The van der Waals surface area contributed by atoms with Crippen LogP contribution in [0.3, 0.4) is 0 Å². The molecule has 5 heterocycles. The number of esters is 1. The van der Waals surface area contributed by atoms with E-state index in [2.05, 4.69) is 42.4 Å². The van der Waals surface area contributed by atoms with Gasteiger partial charge in [-0.2, -0.15) is 5.10 Å². The molecule has 3 aromatic carbocycles. The van der Waals surface area contributed by atoms with Gasteiger partial charge in [0, 0.05) is 71.7 Å². The molecule has 2 amide bonds. The van der Waals surface area contributed by atoms with Gasteiger partial charge < -0.3 is 24.3 Å². The number of anilines is 1. The van der Waals surface area contributed by atoms with Crippen LogP contribution in [0.5, 0.6) is 5.75 Å². The summed E-state index contributed by atoms with van der Waals surface area (Å²) >= 11 is 0. The fourth-order valence-electron chi connectivity index (χ4n) is 7.74. The number of carbonyl (C=O) groups is 3. The predicted octanol–water partition coefficient (Wildman–Crippen LogP) is 5.98. The van der Waals surface area contributed by atoms with Crippen molar-refractivity contribution >= 4 is 40.0 Å². The number of aromatic nitrogens is 7. The zero-order valence-corrected chi connectivity index (χ0v) is 31.8. The smallest absolute Gasteiger partial charge is 0.334 e. The summed E-state index contributed by atoms with van der Waals surface area (Å²) in [4.78, 5) is 47.4. The number of hydrogen-bond acceptors (Lipinski definition) is 9. The molecule has 56 heavy (non-hydrogen) atoms. The number of nitrogens with one attached hydrogen (secondary N) is 1. The molecule has 14 nitrogen and oxygen atoms in total. The number of carbonyl (C=O) groups excluding carboxylic acids is 3. The Balaban J connectivity index is 1.01. The standard InChI is InChI=1S/C42H41N9O5/c1-26-21-27(2)51-38(44-26)34(23-43-51)39(52)45-31-13-11-30(12-14-31)35-25-50(47-46-35)42(41(54)56-5)17-19-48(20-18-42)40(53)37-28(3)49(24-29-9-7-6-8-10-29)36-16-15-32(55-4)22-33(36)37/h6-16,21-23,25H,17-20,24H2,1-5H3,(H,45,52). The summed E-state index contributed by atoms with van der Waals surface area (Å²) in [5.74, 6) is -0.222. The topological polar surface area (TPSA) is 151 Å². The number of ether oxygens (including phenoxy) is 2. The molecule has 4 aromatic heterocycles. The second-order valence-electron chi connectivity index (χ2n) is 14.1. The molecule has 0 atom stereocenters. The lowest BCUT2D eigenvalue weighted by molar-refractivity contribution is -0.154. The van der Waals surface area contributed by atoms with E-state index in [1.807, 2.05) is 75.4 Å². The Labute approximate surface area is 322 Å². The number of aryl methyl sites for hydroxylation is 2. The van der Waals surface area contributed by atoms with Gasteiger partial charge in [-0.15, -0.1) is 5.10 Å². The average Bonchev–Trinajstić information content (AvgIpc) is 3.95. The van der Waals surface area contributed by atoms with E-state index < -0.39 is 11.5 Å². The van der Waals surface area contributed by atoms with Crippen LogP contribution in [0.1, 0.15) is 56.2 Å². The molecular weight excluding hydrogens is 711 g/mol. The lowest BCUT2D eigenvalue weighted by Crippen LogP contribution is -2.53. The molecule has 0 unspecified atom stereocenters. The van der Waals surface area contributed by atoms with E-state index >= 15 is 0 Å². The van der Waals surface area contributed by atoms with Crippen LogP contribution in [0, 0.1) is 20.8 Å². The maximum absolute atomic E-state index is 14.4. The number of fused-ring (bicyclic) bond motifs is 2. The molecule has 0 saturated carbocycles. The molecule has 284 valence electrons. The van der Waals surface area contributed by atoms with Crippen molar-refractivity contribution in [1.82, 2.24) is 39.1 Å². The Morgan fingerprint density at radius 2 is 1.66 bits per heavy atom. The Kier molecular flexibility index (Phi) is 9.32. The largest absolute Gasteiger partial charge is 0.497 e. The van der Waals surface area contributed by atoms with E-state index in [4.69, 9.17) is 9.47 Å². The normalized spacial score (nSPS) is 13.9. The fourth-order valence-corrected chi connectivity index (χ4v) is 7.74. The highest BCUT2D eigenvalue weighted by atomic mass is 16.5. The number of piperidine rings is 1. The second kappa shape index (κ2) is 14.4. The van der Waals surface area contributed by atoms with Crippen LogP contribution in [-0.2, 0) is 21.6 Å². The van der Waals surface area contributed by atoms with Crippen molar-refractivity contribution in [3.63, 3.8) is 0 Å². The highest BCUT2D eigenvalue weighted by Crippen LogP contribution is 2.36. The molecule has 0 bridgehead atoms. The van der Waals surface area contributed by atoms with Gasteiger partial charge in [0.25, 0.3) is 11.8 Å². The van der Waals surface area contributed by atoms with E-state index in [1.165, 1.54) is 13.3 Å². The lowest BCUT2D eigenvalue weighted by atomic mass is 9.87. The SMILES string of the molecule is COC(=O)C1(n2cc(-c3ccc(NC(=O)c4cnn5c(C)cc(C)nc45)cc3)nn2)CCN(C(=O)c2c(C)n(Cc3ccccc3)c3ccc(OC)cc23)CC1. The van der Waals surface area contributed by atoms with Gasteiger partial charge in [-0.1, -0.05) is 47.7 Å². The van der Waals surface area contributed by atoms with Crippen molar-refractivity contribution in [2.45, 2.75) is 45.7 Å². The Morgan fingerprint density at radius 3 is 2.38 bits per heavy atom. The minimum atomic E-state index is -1.16. The molecule has 0 radical (unpaired) electrons. The average molecular weight is 752 g/mol. The van der Waals surface area contributed by atoms with E-state index in [9.17, 15) is 14.4 Å². The first-order chi connectivity index (χ1) is 27.1. The van der Waals surface area contributed by atoms with Gasteiger partial charge in [-0.3, -0.25) is 9.59 Å². The third-order valence-corrected chi connectivity index (χ3v) is 10.8. The monoisotopic (exact) mass is 751 g/mol. The zero-order chi connectivity index (χ0) is 39.1. The van der Waals surface area contributed by atoms with E-state index in [1.54, 1.807) is 39.5 Å². The van der Waals surface area contributed by atoms with Crippen LogP contribution in [0.2, 0.25) is 0 Å². The van der Waals surface area contributed by atoms with Gasteiger partial charge in [-0.05, 0) is 62.7 Å². The summed E-state index contributed by atoms with van der Waals surface area (Å²) in [6.07, 6.45) is 3.80. The van der Waals surface area contributed by atoms with Crippen LogP contribution < -0.4 is 10.1 Å². The van der Waals surface area contributed by atoms with Crippen LogP contribution in [-0.4, -0.2) is 84.2 Å². The summed E-state index contributed by atoms with van der Waals surface area (Å²) in [5.41, 5.74) is 6.77. The molecule has 8 rings (SSSR count). The first-order valence-electron chi connectivity index (χ1n) is 18.4. The molecule has 1 N–H and O–H groups in total. The molecule has 0 aliphatic carbocycles. The van der Waals surface area contributed by atoms with Crippen LogP contribution >= 0.6 is 0 Å². The molecule has 1 aliphatic heterocycles. The highest BCUT2D eigenvalue weighted by Gasteiger charge is 2.47. The minimum Gasteiger partial charge on any atom is -0.497 e. The summed E-state index contributed by atoms with van der Waals surface area (Å²) in [5, 5.41) is 16.9. The Morgan fingerprint density at radius 1 is 0.911 bits per heavy atom. The van der Waals surface area contributed by atoms with E-state index in [0.717, 1.165) is 39.1 Å². The number of hydrogen-bond donors (Lipinski definition) is 1. The number of rotatable bonds is 9. The van der Waals surface area contributed by atoms with Crippen molar-refractivity contribution in [3.05, 3.63) is 125 Å². The Hall–Kier alpha value is -6.83. The molecular formula is C42H41N9O5. The summed E-state index contributed by atoms with van der Waals surface area (Å²) in [6, 6.07) is 25.1. The highest BCUT2D eigenvalue weighted by molar-refractivity contribution is 6.09. The third kappa shape index (κ3) is 6.32. The van der Waals surface area contributed by atoms with E-state index in [0.29, 0.717) is 53.5 Å². The van der Waals surface area contributed by atoms with Crippen molar-refractivity contribution in [2.75, 3.05) is 32.6 Å². The van der Waals surface area contributed by atoms with Crippen LogP contribution in [0.4, 0.5) is 5.69 Å². The molecule has 1 fully saturated rings. The number of amides is 2. The van der Waals surface area contributed by atoms with Crippen molar-refractivity contribution in [2.24, 2.45) is 0 Å². The second-order valence-corrected chi connectivity index (χ2v) is 14.1. The first kappa shape index (κ1) is 36.2. The maximum Gasteiger partial charge on any atom is 0.334 e. The molecule has 7 aromatic rings. The van der Waals surface area contributed by atoms with Gasteiger partial charge in [0.1, 0.15) is 17.0 Å². The van der Waals surface area contributed by atoms with Crippen LogP contribution in [0.15, 0.2) is 91.3 Å². The summed E-state index contributed by atoms with van der Waals surface area (Å²) in [6.45, 7) is 6.97. The zero-order valence-electron chi connectivity index (χ0n) is 31.8. The predicted molar refractivity (Wildman–Crippen MR) is 210 cm³/mol. The fraction of sp³-hybridized carbons (Fsp3) is 0.262. The number of benzene rings is 3. The van der Waals surface area contributed by atoms with Crippen molar-refractivity contribution in [3.8, 4) is 17.0 Å². The van der Waals surface area contributed by atoms with Crippen molar-refractivity contribution < 1.29 is 23.9 Å². The summed E-state index contributed by atoms with van der Waals surface area (Å²) in [7, 11) is 2.97. The minimum absolute atomic E-state index is 0.111. The maximum atomic E-state index is 14.4. The van der Waals surface area contributed by atoms with Gasteiger partial charge in [0.05, 0.1) is 32.2 Å². The number of nitrogens with zero attached hydrogens (tertiary/aromatic N) is 8. The van der Waals surface area contributed by atoms with Gasteiger partial charge in [0.2, 0.25) is 0 Å². The van der Waals surface area contributed by atoms with Crippen molar-refractivity contribution in [1.29, 1.82) is 0 Å². The van der Waals surface area contributed by atoms with Gasteiger partial charge in [0.15, 0.2) is 11.2 Å².